The molecule has 0 aliphatic rings. The van der Waals surface area contributed by atoms with Gasteiger partial charge in [-0.25, -0.2) is 0 Å². The molecule has 44 valence electrons. The van der Waals surface area contributed by atoms with Crippen molar-refractivity contribution in [3.63, 3.8) is 0 Å². The van der Waals surface area contributed by atoms with Crippen LogP contribution in [0.15, 0.2) is 16.9 Å². The molecule has 0 fully saturated rings. The highest BCUT2D eigenvalue weighted by atomic mass is 15.1. The summed E-state index contributed by atoms with van der Waals surface area (Å²) in [4.78, 5) is 2.61. The molecule has 0 aliphatic heterocycles. The van der Waals surface area contributed by atoms with Crippen LogP contribution in [0.1, 0.15) is 20.3 Å². The second-order valence-corrected chi connectivity index (χ2v) is 1.44. The standard InChI is InChI=1S/C5H9N3/c1-3-4-5(2)7-8-6/h4H,3H2,1-2H3/b5-4+. The predicted octanol–water partition coefficient (Wildman–Crippen LogP) is 2.61. The van der Waals surface area contributed by atoms with Crippen molar-refractivity contribution in [1.29, 1.82) is 0 Å². The van der Waals surface area contributed by atoms with Gasteiger partial charge in [0.2, 0.25) is 0 Å². The molecule has 0 bridgehead atoms. The Bertz CT molecular complexity index is 131. The SMILES string of the molecule is CC/C=C(\C)N=[N+]=[N-]. The lowest BCUT2D eigenvalue weighted by Crippen LogP contribution is -1.62. The quantitative estimate of drug-likeness (QED) is 0.299. The van der Waals surface area contributed by atoms with E-state index in [1.165, 1.54) is 0 Å². The summed E-state index contributed by atoms with van der Waals surface area (Å²) in [5.74, 6) is 0. The molecule has 0 aromatic carbocycles. The molecule has 0 radical (unpaired) electrons. The van der Waals surface area contributed by atoms with Crippen molar-refractivity contribution in [1.82, 2.24) is 0 Å². The maximum absolute atomic E-state index is 7.88. The van der Waals surface area contributed by atoms with E-state index in [4.69, 9.17) is 5.53 Å². The van der Waals surface area contributed by atoms with Gasteiger partial charge in [0.1, 0.15) is 0 Å². The highest BCUT2D eigenvalue weighted by Gasteiger charge is 1.75. The zero-order valence-electron chi connectivity index (χ0n) is 5.13. The third-order valence-corrected chi connectivity index (χ3v) is 0.702. The molecule has 0 saturated heterocycles. The molecule has 0 spiro atoms. The first-order valence-corrected chi connectivity index (χ1v) is 2.53. The third-order valence-electron chi connectivity index (χ3n) is 0.702. The Balaban J connectivity index is 3.79. The highest BCUT2D eigenvalue weighted by Crippen LogP contribution is 1.95. The van der Waals surface area contributed by atoms with Gasteiger partial charge in [0.05, 0.1) is 0 Å². The van der Waals surface area contributed by atoms with E-state index in [0.717, 1.165) is 12.1 Å². The second kappa shape index (κ2) is 4.22. The van der Waals surface area contributed by atoms with Crippen molar-refractivity contribution in [3.05, 3.63) is 22.2 Å². The van der Waals surface area contributed by atoms with Gasteiger partial charge < -0.3 is 0 Å². The van der Waals surface area contributed by atoms with E-state index in [1.54, 1.807) is 6.92 Å². The second-order valence-electron chi connectivity index (χ2n) is 1.44. The zero-order valence-corrected chi connectivity index (χ0v) is 5.13. The van der Waals surface area contributed by atoms with Gasteiger partial charge in [0, 0.05) is 10.6 Å². The predicted molar refractivity (Wildman–Crippen MR) is 33.2 cm³/mol. The van der Waals surface area contributed by atoms with Crippen molar-refractivity contribution in [2.75, 3.05) is 0 Å². The number of hydrogen-bond acceptors (Lipinski definition) is 1. The lowest BCUT2D eigenvalue weighted by molar-refractivity contribution is 1.15. The molecular formula is C5H9N3. The lowest BCUT2D eigenvalue weighted by atomic mass is 10.4. The van der Waals surface area contributed by atoms with Gasteiger partial charge >= 0.3 is 0 Å². The summed E-state index contributed by atoms with van der Waals surface area (Å²) in [5, 5.41) is 3.36. The van der Waals surface area contributed by atoms with Gasteiger partial charge in [-0.1, -0.05) is 18.1 Å². The number of hydrogen-bond donors (Lipinski definition) is 0. The molecule has 0 heterocycles. The Morgan fingerprint density at radius 1 is 1.88 bits per heavy atom. The van der Waals surface area contributed by atoms with E-state index >= 15 is 0 Å². The van der Waals surface area contributed by atoms with E-state index in [1.807, 2.05) is 13.0 Å². The zero-order chi connectivity index (χ0) is 6.41. The van der Waals surface area contributed by atoms with Crippen LogP contribution in [0.2, 0.25) is 0 Å². The molecule has 0 aliphatic carbocycles. The van der Waals surface area contributed by atoms with Crippen LogP contribution in [0.4, 0.5) is 0 Å². The van der Waals surface area contributed by atoms with Crippen molar-refractivity contribution in [3.8, 4) is 0 Å². The molecule has 3 heteroatoms. The Morgan fingerprint density at radius 2 is 2.50 bits per heavy atom. The van der Waals surface area contributed by atoms with Gasteiger partial charge in [0.15, 0.2) is 0 Å². The van der Waals surface area contributed by atoms with Gasteiger partial charge in [-0.05, 0) is 18.9 Å². The first kappa shape index (κ1) is 7.05. The van der Waals surface area contributed by atoms with Gasteiger partial charge in [-0.15, -0.1) is 0 Å². The molecule has 0 aromatic rings. The average molecular weight is 111 g/mol. The van der Waals surface area contributed by atoms with E-state index in [2.05, 4.69) is 10.0 Å². The van der Waals surface area contributed by atoms with Crippen LogP contribution in [0.5, 0.6) is 0 Å². The van der Waals surface area contributed by atoms with E-state index in [0.29, 0.717) is 0 Å². The van der Waals surface area contributed by atoms with Crippen molar-refractivity contribution in [2.24, 2.45) is 5.11 Å². The summed E-state index contributed by atoms with van der Waals surface area (Å²) in [6.07, 6.45) is 2.80. The fourth-order valence-corrected chi connectivity index (χ4v) is 0.407. The van der Waals surface area contributed by atoms with Crippen LogP contribution in [0.3, 0.4) is 0 Å². The normalized spacial score (nSPS) is 10.5. The molecule has 0 aromatic heterocycles. The molecule has 8 heavy (non-hydrogen) atoms. The monoisotopic (exact) mass is 111 g/mol. The van der Waals surface area contributed by atoms with Gasteiger partial charge in [0.25, 0.3) is 0 Å². The Hall–Kier alpha value is -0.950. The molecular weight excluding hydrogens is 102 g/mol. The smallest absolute Gasteiger partial charge is 0.00795 e. The topological polar surface area (TPSA) is 48.8 Å². The fourth-order valence-electron chi connectivity index (χ4n) is 0.407. The minimum atomic E-state index is 0.745. The molecule has 0 atom stereocenters. The largest absolute Gasteiger partial charge is 0.0796 e. The van der Waals surface area contributed by atoms with Crippen molar-refractivity contribution in [2.45, 2.75) is 20.3 Å². The molecule has 0 amide bonds. The Kier molecular flexibility index (Phi) is 3.71. The van der Waals surface area contributed by atoms with Crippen LogP contribution in [-0.4, -0.2) is 0 Å². The maximum atomic E-state index is 7.88. The van der Waals surface area contributed by atoms with Crippen LogP contribution < -0.4 is 0 Å². The molecule has 3 nitrogen and oxygen atoms in total. The van der Waals surface area contributed by atoms with Crippen LogP contribution in [0.25, 0.3) is 10.4 Å². The summed E-state index contributed by atoms with van der Waals surface area (Å²) in [7, 11) is 0. The van der Waals surface area contributed by atoms with Gasteiger partial charge in [-0.2, -0.15) is 0 Å². The number of nitrogens with zero attached hydrogens (tertiary/aromatic N) is 3. The van der Waals surface area contributed by atoms with Crippen molar-refractivity contribution < 1.29 is 0 Å². The van der Waals surface area contributed by atoms with E-state index in [-0.39, 0.29) is 0 Å². The Morgan fingerprint density at radius 3 is 2.88 bits per heavy atom. The molecule has 0 rings (SSSR count). The highest BCUT2D eigenvalue weighted by molar-refractivity contribution is 4.94. The molecule has 0 saturated carbocycles. The fraction of sp³-hybridized carbons (Fsp3) is 0.600. The number of allylic oxidation sites excluding steroid dienone is 2. The summed E-state index contributed by atoms with van der Waals surface area (Å²) in [6.45, 7) is 3.78. The lowest BCUT2D eigenvalue weighted by Gasteiger charge is -1.81. The average Bonchev–Trinajstić information content (AvgIpc) is 1.68. The van der Waals surface area contributed by atoms with Crippen LogP contribution in [-0.2, 0) is 0 Å². The first-order valence-electron chi connectivity index (χ1n) is 2.53. The summed E-state index contributed by atoms with van der Waals surface area (Å²) < 4.78 is 0. The van der Waals surface area contributed by atoms with Crippen LogP contribution in [0, 0.1) is 0 Å². The minimum absolute atomic E-state index is 0.745. The summed E-state index contributed by atoms with van der Waals surface area (Å²) in [5.41, 5.74) is 8.63. The van der Waals surface area contributed by atoms with Crippen molar-refractivity contribution >= 4 is 0 Å². The van der Waals surface area contributed by atoms with E-state index in [9.17, 15) is 0 Å². The summed E-state index contributed by atoms with van der Waals surface area (Å²) >= 11 is 0. The number of rotatable bonds is 2. The first-order chi connectivity index (χ1) is 3.81. The number of azide groups is 1. The third kappa shape index (κ3) is 3.25. The summed E-state index contributed by atoms with van der Waals surface area (Å²) in [6, 6.07) is 0. The molecule has 0 N–H and O–H groups in total. The van der Waals surface area contributed by atoms with Crippen LogP contribution >= 0.6 is 0 Å². The molecule has 0 unspecified atom stereocenters. The van der Waals surface area contributed by atoms with E-state index < -0.39 is 0 Å². The van der Waals surface area contributed by atoms with Gasteiger partial charge in [-0.3, -0.25) is 0 Å². The maximum Gasteiger partial charge on any atom is 0.00795 e. The Labute approximate surface area is 48.6 Å². The minimum Gasteiger partial charge on any atom is -0.0796 e.